The molecule has 0 unspecified atom stereocenters. The molecule has 0 atom stereocenters. The Morgan fingerprint density at radius 2 is 1.64 bits per heavy atom. The summed E-state index contributed by atoms with van der Waals surface area (Å²) in [6.45, 7) is 0.420. The molecule has 1 fully saturated rings. The molecule has 6 nitrogen and oxygen atoms in total. The molecular formula is C25H20N4O2S2. The van der Waals surface area contributed by atoms with Crippen LogP contribution in [0.25, 0.3) is 0 Å². The fourth-order valence-corrected chi connectivity index (χ4v) is 5.98. The van der Waals surface area contributed by atoms with Crippen molar-refractivity contribution in [1.82, 2.24) is 4.90 Å². The highest BCUT2D eigenvalue weighted by molar-refractivity contribution is 8.19. The predicted molar refractivity (Wildman–Crippen MR) is 134 cm³/mol. The molecule has 1 saturated heterocycles. The topological polar surface area (TPSA) is 79.0 Å². The average molecular weight is 473 g/mol. The van der Waals surface area contributed by atoms with Crippen LogP contribution in [-0.2, 0) is 11.3 Å². The summed E-state index contributed by atoms with van der Waals surface area (Å²) in [6.07, 6.45) is 0. The molecule has 3 aromatic carbocycles. The van der Waals surface area contributed by atoms with Crippen LogP contribution in [0, 0.1) is 0 Å². The molecular weight excluding hydrogens is 452 g/mol. The van der Waals surface area contributed by atoms with Crippen molar-refractivity contribution in [3.8, 4) is 0 Å². The summed E-state index contributed by atoms with van der Waals surface area (Å²) in [6, 6.07) is 24.7. The van der Waals surface area contributed by atoms with Gasteiger partial charge in [-0.25, -0.2) is 4.99 Å². The zero-order chi connectivity index (χ0) is 22.9. The van der Waals surface area contributed by atoms with E-state index in [4.69, 9.17) is 10.7 Å². The van der Waals surface area contributed by atoms with E-state index < -0.39 is 5.91 Å². The molecule has 2 aliphatic heterocycles. The maximum atomic E-state index is 13.6. The molecule has 2 heterocycles. The smallest absolute Gasteiger partial charge is 0.269 e. The molecule has 8 heteroatoms. The van der Waals surface area contributed by atoms with Crippen LogP contribution in [0.3, 0.4) is 0 Å². The third-order valence-corrected chi connectivity index (χ3v) is 7.79. The molecule has 0 aliphatic carbocycles. The Hall–Kier alpha value is -3.49. The Kier molecular flexibility index (Phi) is 5.70. The SMILES string of the molecule is CN1/C(=C2/S/C(=N\c3ccc(C(N)=O)cc3)N(Cc3ccccc3)C2=O)Sc2ccccc21. The van der Waals surface area contributed by atoms with E-state index in [0.29, 0.717) is 27.9 Å². The van der Waals surface area contributed by atoms with Crippen LogP contribution >= 0.6 is 23.5 Å². The van der Waals surface area contributed by atoms with Crippen LogP contribution in [0.1, 0.15) is 15.9 Å². The van der Waals surface area contributed by atoms with E-state index in [0.717, 1.165) is 21.2 Å². The second-order valence-electron chi connectivity index (χ2n) is 7.55. The molecule has 3 aromatic rings. The van der Waals surface area contributed by atoms with Crippen molar-refractivity contribution < 1.29 is 9.59 Å². The first kappa shape index (κ1) is 21.4. The molecule has 0 spiro atoms. The van der Waals surface area contributed by atoms with Crippen LogP contribution in [0.4, 0.5) is 11.4 Å². The van der Waals surface area contributed by atoms with Gasteiger partial charge in [-0.2, -0.15) is 0 Å². The molecule has 0 bridgehead atoms. The molecule has 33 heavy (non-hydrogen) atoms. The minimum Gasteiger partial charge on any atom is -0.366 e. The first-order valence-corrected chi connectivity index (χ1v) is 11.9. The molecule has 2 N–H and O–H groups in total. The van der Waals surface area contributed by atoms with Crippen molar-refractivity contribution in [2.45, 2.75) is 11.4 Å². The minimum absolute atomic E-state index is 0.0708. The monoisotopic (exact) mass is 472 g/mol. The number of benzene rings is 3. The number of carbonyl (C=O) groups is 2. The summed E-state index contributed by atoms with van der Waals surface area (Å²) in [7, 11) is 1.98. The standard InChI is InChI=1S/C25H20N4O2S2/c1-28-19-9-5-6-10-20(19)32-24(28)21-23(31)29(15-16-7-3-2-4-8-16)25(33-21)27-18-13-11-17(12-14-18)22(26)30/h2-14H,15H2,1H3,(H2,26,30)/b24-21-,27-25-. The van der Waals surface area contributed by atoms with E-state index in [2.05, 4.69) is 17.0 Å². The zero-order valence-electron chi connectivity index (χ0n) is 17.8. The molecule has 2 amide bonds. The number of aliphatic imine (C=N–C) groups is 1. The largest absolute Gasteiger partial charge is 0.366 e. The number of fused-ring (bicyclic) bond motifs is 1. The number of hydrogen-bond donors (Lipinski definition) is 1. The number of rotatable bonds is 4. The van der Waals surface area contributed by atoms with Crippen LogP contribution in [-0.4, -0.2) is 28.9 Å². The number of para-hydroxylation sites is 1. The van der Waals surface area contributed by atoms with Gasteiger partial charge in [0.2, 0.25) is 5.91 Å². The molecule has 164 valence electrons. The van der Waals surface area contributed by atoms with E-state index in [9.17, 15) is 9.59 Å². The number of carbonyl (C=O) groups excluding carboxylic acids is 2. The van der Waals surface area contributed by atoms with Gasteiger partial charge in [0, 0.05) is 17.5 Å². The first-order valence-electron chi connectivity index (χ1n) is 10.3. The van der Waals surface area contributed by atoms with Gasteiger partial charge in [0.05, 0.1) is 22.9 Å². The van der Waals surface area contributed by atoms with Gasteiger partial charge in [0.25, 0.3) is 5.91 Å². The quantitative estimate of drug-likeness (QED) is 0.543. The van der Waals surface area contributed by atoms with Crippen molar-refractivity contribution in [2.75, 3.05) is 11.9 Å². The number of hydrogen-bond acceptors (Lipinski definition) is 6. The first-order chi connectivity index (χ1) is 16.0. The van der Waals surface area contributed by atoms with E-state index in [1.54, 1.807) is 40.9 Å². The highest BCUT2D eigenvalue weighted by Gasteiger charge is 2.39. The van der Waals surface area contributed by atoms with Gasteiger partial charge in [-0.3, -0.25) is 14.5 Å². The third kappa shape index (κ3) is 4.15. The summed E-state index contributed by atoms with van der Waals surface area (Å²) >= 11 is 2.97. The lowest BCUT2D eigenvalue weighted by atomic mass is 10.2. The molecule has 5 rings (SSSR count). The minimum atomic E-state index is -0.488. The highest BCUT2D eigenvalue weighted by atomic mass is 32.2. The lowest BCUT2D eigenvalue weighted by Gasteiger charge is -2.16. The normalized spacial score (nSPS) is 18.8. The molecule has 0 saturated carbocycles. The van der Waals surface area contributed by atoms with Gasteiger partial charge in [-0.1, -0.05) is 54.2 Å². The van der Waals surface area contributed by atoms with Crippen molar-refractivity contribution in [3.05, 3.63) is 99.9 Å². The number of nitrogens with two attached hydrogens (primary N) is 1. The maximum absolute atomic E-state index is 13.6. The maximum Gasteiger partial charge on any atom is 0.269 e. The Balaban J connectivity index is 1.53. The number of thioether (sulfide) groups is 2. The van der Waals surface area contributed by atoms with Crippen LogP contribution in [0.5, 0.6) is 0 Å². The predicted octanol–water partition coefficient (Wildman–Crippen LogP) is 4.96. The fourth-order valence-electron chi connectivity index (χ4n) is 3.64. The Bertz CT molecular complexity index is 1300. The van der Waals surface area contributed by atoms with Crippen LogP contribution in [0.15, 0.2) is 98.7 Å². The number of amides is 2. The van der Waals surface area contributed by atoms with Crippen LogP contribution in [0.2, 0.25) is 0 Å². The number of amidine groups is 1. The van der Waals surface area contributed by atoms with Gasteiger partial charge >= 0.3 is 0 Å². The van der Waals surface area contributed by atoms with E-state index in [1.165, 1.54) is 11.8 Å². The van der Waals surface area contributed by atoms with Gasteiger partial charge in [0.1, 0.15) is 4.91 Å². The molecule has 0 radical (unpaired) electrons. The summed E-state index contributed by atoms with van der Waals surface area (Å²) < 4.78 is 0. The van der Waals surface area contributed by atoms with E-state index >= 15 is 0 Å². The lowest BCUT2D eigenvalue weighted by molar-refractivity contribution is -0.122. The average Bonchev–Trinajstić information content (AvgIpc) is 3.32. The Labute approximate surface area is 200 Å². The van der Waals surface area contributed by atoms with Gasteiger partial charge in [-0.15, -0.1) is 0 Å². The van der Waals surface area contributed by atoms with Gasteiger partial charge in [0.15, 0.2) is 5.17 Å². The summed E-state index contributed by atoms with van der Waals surface area (Å²) in [4.78, 5) is 35.3. The van der Waals surface area contributed by atoms with Crippen molar-refractivity contribution in [3.63, 3.8) is 0 Å². The summed E-state index contributed by atoms with van der Waals surface area (Å²) in [5.41, 5.74) is 8.51. The fraction of sp³-hybridized carbons (Fsp3) is 0.0800. The summed E-state index contributed by atoms with van der Waals surface area (Å²) in [5, 5.41) is 1.50. The van der Waals surface area contributed by atoms with Gasteiger partial charge < -0.3 is 10.6 Å². The number of nitrogens with zero attached hydrogens (tertiary/aromatic N) is 3. The Morgan fingerprint density at radius 1 is 0.939 bits per heavy atom. The molecule has 0 aromatic heterocycles. The lowest BCUT2D eigenvalue weighted by Crippen LogP contribution is -2.29. The zero-order valence-corrected chi connectivity index (χ0v) is 19.4. The second kappa shape index (κ2) is 8.80. The number of primary amides is 1. The van der Waals surface area contributed by atoms with E-state index in [1.807, 2.05) is 49.5 Å². The summed E-state index contributed by atoms with van der Waals surface area (Å²) in [5.74, 6) is -0.559. The van der Waals surface area contributed by atoms with Crippen molar-refractivity contribution in [2.24, 2.45) is 10.7 Å². The molecule has 2 aliphatic rings. The van der Waals surface area contributed by atoms with Crippen molar-refractivity contribution in [1.29, 1.82) is 0 Å². The van der Waals surface area contributed by atoms with Crippen LogP contribution < -0.4 is 10.6 Å². The highest BCUT2D eigenvalue weighted by Crippen LogP contribution is 2.50. The second-order valence-corrected chi connectivity index (χ2v) is 9.56. The third-order valence-electron chi connectivity index (χ3n) is 5.36. The van der Waals surface area contributed by atoms with Crippen molar-refractivity contribution >= 4 is 51.9 Å². The Morgan fingerprint density at radius 3 is 2.33 bits per heavy atom. The van der Waals surface area contributed by atoms with Gasteiger partial charge in [-0.05, 0) is 53.7 Å². The van der Waals surface area contributed by atoms with E-state index in [-0.39, 0.29) is 5.91 Å². The number of anilines is 1.